The lowest BCUT2D eigenvalue weighted by Crippen LogP contribution is -2.09. The van der Waals surface area contributed by atoms with Gasteiger partial charge in [0.15, 0.2) is 0 Å². The molecule has 18 rings (SSSR count). The topological polar surface area (TPSA) is 59.0 Å². The lowest BCUT2D eigenvalue weighted by atomic mass is 9.99. The van der Waals surface area contributed by atoms with Crippen LogP contribution in [0.25, 0.3) is 139 Å². The van der Waals surface area contributed by atoms with Crippen molar-refractivity contribution in [2.24, 2.45) is 0 Å². The number of anilines is 6. The molecule has 0 bridgehead atoms. The van der Waals surface area contributed by atoms with Gasteiger partial charge >= 0.3 is 0 Å². The summed E-state index contributed by atoms with van der Waals surface area (Å²) in [5, 5.41) is 16.4. The smallest absolute Gasteiger partial charge is 0.137 e. The number of benzene rings is 12. The Hall–Kier alpha value is -9.86. The van der Waals surface area contributed by atoms with Crippen molar-refractivity contribution in [3.8, 4) is 0 Å². The van der Waals surface area contributed by atoms with Gasteiger partial charge in [-0.2, -0.15) is 0 Å². The van der Waals surface area contributed by atoms with Crippen LogP contribution in [0.5, 0.6) is 0 Å². The highest BCUT2D eigenvalue weighted by Gasteiger charge is 2.23. The van der Waals surface area contributed by atoms with E-state index >= 15 is 0 Å². The molecule has 0 unspecified atom stereocenters. The maximum Gasteiger partial charge on any atom is 0.137 e. The standard InChI is InChI=1S/C70H38N2O4S2/c1-5-13-57-45(9-1)49-23-17-39(33-61(49)73-57)71(40-18-24-50-46-10-2-6-14-58(46)74-62(50)34-40)43-21-27-55-67(37-43)77-65-31-29-54-53(69(55)65)30-32-66-70(54)56-28-22-44(38-68(56)78-66)72(41-19-25-51-47-11-3-7-15-59(47)75-63(51)35-41)42-20-26-52-48-12-4-8-16-60(48)76-64(52)36-42/h1-38H. The van der Waals surface area contributed by atoms with E-state index in [0.717, 1.165) is 122 Å². The SMILES string of the molecule is c1ccc2c(c1)oc1cc(N(c3ccc4c(c3)oc3ccccc34)c3ccc4c(c3)sc3ccc5c(ccc6sc7cc(N(c8ccc9c(c8)oc8ccccc89)c8ccc9c(c8)oc8ccccc89)ccc7c65)c34)ccc12. The molecule has 6 aromatic heterocycles. The molecule has 0 amide bonds. The highest BCUT2D eigenvalue weighted by atomic mass is 32.1. The first-order valence-electron chi connectivity index (χ1n) is 26.1. The summed E-state index contributed by atoms with van der Waals surface area (Å²) < 4.78 is 30.8. The molecular weight excluding hydrogens is 997 g/mol. The van der Waals surface area contributed by atoms with Crippen molar-refractivity contribution in [2.75, 3.05) is 9.80 Å². The summed E-state index contributed by atoms with van der Waals surface area (Å²) in [7, 11) is 0. The van der Waals surface area contributed by atoms with Gasteiger partial charge < -0.3 is 27.5 Å². The number of fused-ring (bicyclic) bond motifs is 21. The third-order valence-electron chi connectivity index (χ3n) is 16.0. The number of nitrogens with zero attached hydrogens (tertiary/aromatic N) is 2. The van der Waals surface area contributed by atoms with Gasteiger partial charge in [0, 0.05) is 142 Å². The number of thiophene rings is 2. The van der Waals surface area contributed by atoms with Crippen molar-refractivity contribution < 1.29 is 17.7 Å². The number of rotatable bonds is 6. The molecule has 78 heavy (non-hydrogen) atoms. The first-order valence-corrected chi connectivity index (χ1v) is 27.7. The zero-order valence-electron chi connectivity index (χ0n) is 41.3. The van der Waals surface area contributed by atoms with E-state index in [-0.39, 0.29) is 0 Å². The van der Waals surface area contributed by atoms with Crippen molar-refractivity contribution >= 4 is 196 Å². The molecule has 0 fully saturated rings. The van der Waals surface area contributed by atoms with E-state index < -0.39 is 0 Å². The van der Waals surface area contributed by atoms with Crippen LogP contribution in [0.15, 0.2) is 248 Å². The average Bonchev–Trinajstić information content (AvgIpc) is 4.52. The maximum atomic E-state index is 6.47. The molecule has 0 saturated heterocycles. The Morgan fingerprint density at radius 3 is 0.782 bits per heavy atom. The number of para-hydroxylation sites is 4. The molecule has 0 spiro atoms. The Labute approximate surface area is 450 Å². The van der Waals surface area contributed by atoms with Gasteiger partial charge in [-0.1, -0.05) is 97.1 Å². The van der Waals surface area contributed by atoms with Gasteiger partial charge in [-0.05, 0) is 120 Å². The predicted octanol–water partition coefficient (Wildman–Crippen LogP) is 22.1. The summed E-state index contributed by atoms with van der Waals surface area (Å²) in [5.41, 5.74) is 13.0. The van der Waals surface area contributed by atoms with Crippen molar-refractivity contribution in [3.05, 3.63) is 231 Å². The molecule has 0 aliphatic carbocycles. The lowest BCUT2D eigenvalue weighted by Gasteiger charge is -2.25. The molecule has 6 nitrogen and oxygen atoms in total. The number of hydrogen-bond acceptors (Lipinski definition) is 8. The van der Waals surface area contributed by atoms with Crippen molar-refractivity contribution in [1.29, 1.82) is 0 Å². The van der Waals surface area contributed by atoms with E-state index in [1.165, 1.54) is 51.1 Å². The Bertz CT molecular complexity index is 5000. The number of hydrogen-bond donors (Lipinski definition) is 0. The summed E-state index contributed by atoms with van der Waals surface area (Å²) in [6.45, 7) is 0. The monoisotopic (exact) mass is 1030 g/mol. The predicted molar refractivity (Wildman–Crippen MR) is 328 cm³/mol. The van der Waals surface area contributed by atoms with E-state index in [1.807, 2.05) is 71.2 Å². The Morgan fingerprint density at radius 1 is 0.205 bits per heavy atom. The first-order chi connectivity index (χ1) is 38.6. The van der Waals surface area contributed by atoms with Crippen LogP contribution >= 0.6 is 22.7 Å². The first kappa shape index (κ1) is 42.4. The van der Waals surface area contributed by atoms with Gasteiger partial charge in [-0.25, -0.2) is 0 Å². The minimum Gasteiger partial charge on any atom is -0.456 e. The van der Waals surface area contributed by atoms with Crippen LogP contribution in [0.3, 0.4) is 0 Å². The van der Waals surface area contributed by atoms with E-state index in [9.17, 15) is 0 Å². The molecule has 12 aromatic carbocycles. The highest BCUT2D eigenvalue weighted by Crippen LogP contribution is 2.49. The molecule has 18 aromatic rings. The summed E-state index contributed by atoms with van der Waals surface area (Å²) in [6.07, 6.45) is 0. The molecule has 8 heteroatoms. The van der Waals surface area contributed by atoms with Crippen LogP contribution in [0, 0.1) is 0 Å². The largest absolute Gasteiger partial charge is 0.456 e. The van der Waals surface area contributed by atoms with Gasteiger partial charge in [-0.3, -0.25) is 0 Å². The van der Waals surface area contributed by atoms with Crippen LogP contribution in [0.1, 0.15) is 0 Å². The van der Waals surface area contributed by atoms with Gasteiger partial charge in [0.05, 0.1) is 0 Å². The Morgan fingerprint density at radius 2 is 0.462 bits per heavy atom. The summed E-state index contributed by atoms with van der Waals surface area (Å²) in [5.74, 6) is 0. The number of furan rings is 4. The van der Waals surface area contributed by atoms with Crippen molar-refractivity contribution in [1.82, 2.24) is 0 Å². The van der Waals surface area contributed by atoms with Crippen LogP contribution < -0.4 is 9.80 Å². The molecule has 364 valence electrons. The molecular formula is C70H38N2O4S2. The quantitative estimate of drug-likeness (QED) is 0.165. The molecule has 6 heterocycles. The van der Waals surface area contributed by atoms with E-state index in [4.69, 9.17) is 17.7 Å². The zero-order valence-corrected chi connectivity index (χ0v) is 42.9. The minimum atomic E-state index is 0.848. The molecule has 0 N–H and O–H groups in total. The minimum absolute atomic E-state index is 0.848. The van der Waals surface area contributed by atoms with Crippen LogP contribution in [-0.2, 0) is 0 Å². The third-order valence-corrected chi connectivity index (χ3v) is 18.3. The van der Waals surface area contributed by atoms with Crippen LogP contribution in [-0.4, -0.2) is 0 Å². The fourth-order valence-corrected chi connectivity index (χ4v) is 14.8. The Kier molecular flexibility index (Phi) is 8.61. The van der Waals surface area contributed by atoms with Gasteiger partial charge in [0.25, 0.3) is 0 Å². The van der Waals surface area contributed by atoms with Crippen molar-refractivity contribution in [3.63, 3.8) is 0 Å². The molecule has 0 aliphatic heterocycles. The second-order valence-electron chi connectivity index (χ2n) is 20.3. The summed E-state index contributed by atoms with van der Waals surface area (Å²) >= 11 is 3.69. The van der Waals surface area contributed by atoms with Crippen LogP contribution in [0.4, 0.5) is 34.1 Å². The second kappa shape index (κ2) is 15.8. The van der Waals surface area contributed by atoms with Crippen LogP contribution in [0.2, 0.25) is 0 Å². The maximum absolute atomic E-state index is 6.47. The molecule has 0 aliphatic rings. The summed E-state index contributed by atoms with van der Waals surface area (Å²) in [4.78, 5) is 4.65. The fourth-order valence-electron chi connectivity index (χ4n) is 12.5. The normalized spacial score (nSPS) is 12.4. The van der Waals surface area contributed by atoms with Gasteiger partial charge in [0.2, 0.25) is 0 Å². The third kappa shape index (κ3) is 6.12. The van der Waals surface area contributed by atoms with E-state index in [0.29, 0.717) is 0 Å². The summed E-state index contributed by atoms with van der Waals surface area (Å²) in [6, 6.07) is 82.4. The zero-order chi connectivity index (χ0) is 50.7. The van der Waals surface area contributed by atoms with Gasteiger partial charge in [0.1, 0.15) is 44.7 Å². The highest BCUT2D eigenvalue weighted by molar-refractivity contribution is 7.26. The Balaban J connectivity index is 0.777. The van der Waals surface area contributed by atoms with Gasteiger partial charge in [-0.15, -0.1) is 22.7 Å². The molecule has 0 radical (unpaired) electrons. The molecule has 0 atom stereocenters. The fraction of sp³-hybridized carbons (Fsp3) is 0. The van der Waals surface area contributed by atoms with E-state index in [1.54, 1.807) is 0 Å². The average molecular weight is 1040 g/mol. The van der Waals surface area contributed by atoms with Crippen molar-refractivity contribution in [2.45, 2.75) is 0 Å². The van der Waals surface area contributed by atoms with E-state index in [2.05, 4.69) is 192 Å². The lowest BCUT2D eigenvalue weighted by molar-refractivity contribution is 0.668. The molecule has 0 saturated carbocycles. The second-order valence-corrected chi connectivity index (χ2v) is 22.5.